The van der Waals surface area contributed by atoms with Crippen LogP contribution in [-0.4, -0.2) is 76.6 Å². The molecule has 2 rings (SSSR count). The van der Waals surface area contributed by atoms with Crippen molar-refractivity contribution in [2.24, 2.45) is 5.92 Å². The number of halogens is 1. The molecule has 0 saturated carbocycles. The summed E-state index contributed by atoms with van der Waals surface area (Å²) >= 11 is 5.60. The Morgan fingerprint density at radius 3 is 2.17 bits per heavy atom. The van der Waals surface area contributed by atoms with Gasteiger partial charge < -0.3 is 14.7 Å². The number of carbonyl (C=O) groups excluding carboxylic acids is 3. The molecule has 6 nitrogen and oxygen atoms in total. The van der Waals surface area contributed by atoms with Crippen molar-refractivity contribution in [1.82, 2.24) is 14.7 Å². The number of hydrogen-bond donors (Lipinski definition) is 0. The van der Waals surface area contributed by atoms with Crippen LogP contribution in [0.1, 0.15) is 33.6 Å². The van der Waals surface area contributed by atoms with E-state index in [9.17, 15) is 14.4 Å². The second-order valence-electron chi connectivity index (χ2n) is 7.22. The van der Waals surface area contributed by atoms with Crippen LogP contribution in [-0.2, 0) is 14.4 Å². The number of likely N-dealkylation sites (tertiary alicyclic amines) is 1. The van der Waals surface area contributed by atoms with E-state index >= 15 is 0 Å². The monoisotopic (exact) mass is 343 g/mol. The molecule has 3 amide bonds. The first kappa shape index (κ1) is 18.0. The predicted octanol–water partition coefficient (Wildman–Crippen LogP) is 0.933. The highest BCUT2D eigenvalue weighted by Gasteiger charge is 2.41. The summed E-state index contributed by atoms with van der Waals surface area (Å²) < 4.78 is 0. The van der Waals surface area contributed by atoms with Gasteiger partial charge in [0.15, 0.2) is 0 Å². The first-order valence-electron chi connectivity index (χ1n) is 8.17. The normalized spacial score (nSPS) is 22.7. The Hall–Kier alpha value is -1.30. The van der Waals surface area contributed by atoms with Gasteiger partial charge >= 0.3 is 0 Å². The molecule has 0 bridgehead atoms. The fourth-order valence-electron chi connectivity index (χ4n) is 3.19. The first-order chi connectivity index (χ1) is 10.7. The molecule has 1 unspecified atom stereocenters. The van der Waals surface area contributed by atoms with Crippen LogP contribution >= 0.6 is 11.6 Å². The minimum absolute atomic E-state index is 0.0366. The van der Waals surface area contributed by atoms with E-state index in [1.165, 1.54) is 0 Å². The van der Waals surface area contributed by atoms with Gasteiger partial charge in [-0.1, -0.05) is 0 Å². The van der Waals surface area contributed by atoms with Crippen LogP contribution in [0.25, 0.3) is 0 Å². The number of alkyl halides is 1. The second-order valence-corrected chi connectivity index (χ2v) is 7.60. The van der Waals surface area contributed by atoms with Crippen LogP contribution < -0.4 is 0 Å². The maximum absolute atomic E-state index is 12.6. The Morgan fingerprint density at radius 1 is 1.13 bits per heavy atom. The Labute approximate surface area is 142 Å². The second kappa shape index (κ2) is 7.07. The summed E-state index contributed by atoms with van der Waals surface area (Å²) in [7, 11) is 0. The van der Waals surface area contributed by atoms with Crippen molar-refractivity contribution < 1.29 is 14.4 Å². The number of piperazine rings is 1. The van der Waals surface area contributed by atoms with Crippen LogP contribution in [0.2, 0.25) is 0 Å². The van der Waals surface area contributed by atoms with Crippen LogP contribution in [0, 0.1) is 5.92 Å². The van der Waals surface area contributed by atoms with Gasteiger partial charge in [0.05, 0.1) is 5.92 Å². The molecule has 7 heteroatoms. The lowest BCUT2D eigenvalue weighted by Gasteiger charge is -2.36. The minimum Gasteiger partial charge on any atom is -0.339 e. The van der Waals surface area contributed by atoms with Gasteiger partial charge in [-0.2, -0.15) is 0 Å². The summed E-state index contributed by atoms with van der Waals surface area (Å²) in [6.07, 6.45) is 0.634. The highest BCUT2D eigenvalue weighted by Crippen LogP contribution is 2.27. The standard InChI is InChI=1S/C16H26ClN3O3/c1-16(2,3)20-11-12(10-14(20)22)15(23)19-8-6-18(7-9-19)13(21)4-5-17/h12H,4-11H2,1-3H3. The molecule has 0 aromatic heterocycles. The average molecular weight is 344 g/mol. The molecule has 2 aliphatic rings. The van der Waals surface area contributed by atoms with Crippen LogP contribution in [0.15, 0.2) is 0 Å². The van der Waals surface area contributed by atoms with Gasteiger partial charge in [0, 0.05) is 57.0 Å². The van der Waals surface area contributed by atoms with Gasteiger partial charge in [0.25, 0.3) is 0 Å². The summed E-state index contributed by atoms with van der Waals surface area (Å²) in [4.78, 5) is 41.9. The smallest absolute Gasteiger partial charge is 0.228 e. The maximum Gasteiger partial charge on any atom is 0.228 e. The zero-order chi connectivity index (χ0) is 17.2. The van der Waals surface area contributed by atoms with E-state index < -0.39 is 0 Å². The topological polar surface area (TPSA) is 60.9 Å². The molecule has 1 atom stereocenters. The SMILES string of the molecule is CC(C)(C)N1CC(C(=O)N2CCN(C(=O)CCCl)CC2)CC1=O. The molecule has 0 aliphatic carbocycles. The lowest BCUT2D eigenvalue weighted by atomic mass is 10.1. The van der Waals surface area contributed by atoms with E-state index in [4.69, 9.17) is 11.6 Å². The lowest BCUT2D eigenvalue weighted by molar-refractivity contribution is -0.141. The Morgan fingerprint density at radius 2 is 1.70 bits per heavy atom. The molecule has 0 aromatic rings. The Balaban J connectivity index is 1.89. The highest BCUT2D eigenvalue weighted by molar-refractivity contribution is 6.18. The minimum atomic E-state index is -0.258. The van der Waals surface area contributed by atoms with E-state index in [1.54, 1.807) is 14.7 Å². The van der Waals surface area contributed by atoms with Crippen molar-refractivity contribution in [2.45, 2.75) is 39.2 Å². The highest BCUT2D eigenvalue weighted by atomic mass is 35.5. The van der Waals surface area contributed by atoms with Gasteiger partial charge in [0.1, 0.15) is 0 Å². The van der Waals surface area contributed by atoms with Crippen LogP contribution in [0.3, 0.4) is 0 Å². The third-order valence-corrected chi connectivity index (χ3v) is 4.73. The number of rotatable bonds is 3. The molecule has 0 aromatic carbocycles. The summed E-state index contributed by atoms with van der Waals surface area (Å²) in [5.74, 6) is 0.195. The molecule has 2 fully saturated rings. The summed E-state index contributed by atoms with van der Waals surface area (Å²) in [6.45, 7) is 8.61. The molecule has 2 heterocycles. The zero-order valence-electron chi connectivity index (χ0n) is 14.2. The number of carbonyl (C=O) groups is 3. The Bertz CT molecular complexity index is 481. The van der Waals surface area contributed by atoms with E-state index in [-0.39, 0.29) is 29.2 Å². The molecule has 2 aliphatic heterocycles. The fourth-order valence-corrected chi connectivity index (χ4v) is 3.36. The van der Waals surface area contributed by atoms with Crippen molar-refractivity contribution in [3.8, 4) is 0 Å². The van der Waals surface area contributed by atoms with E-state index in [2.05, 4.69) is 0 Å². The van der Waals surface area contributed by atoms with Gasteiger partial charge in [-0.25, -0.2) is 0 Å². The lowest BCUT2D eigenvalue weighted by Crippen LogP contribution is -2.52. The van der Waals surface area contributed by atoms with Crippen molar-refractivity contribution in [1.29, 1.82) is 0 Å². The van der Waals surface area contributed by atoms with Crippen molar-refractivity contribution in [2.75, 3.05) is 38.6 Å². The summed E-state index contributed by atoms with van der Waals surface area (Å²) in [5.41, 5.74) is -0.251. The molecule has 130 valence electrons. The van der Waals surface area contributed by atoms with Crippen LogP contribution in [0.4, 0.5) is 0 Å². The van der Waals surface area contributed by atoms with E-state index in [1.807, 2.05) is 20.8 Å². The van der Waals surface area contributed by atoms with E-state index in [0.717, 1.165) is 0 Å². The summed E-state index contributed by atoms with van der Waals surface area (Å²) in [6, 6.07) is 0. The van der Waals surface area contributed by atoms with E-state index in [0.29, 0.717) is 51.4 Å². The van der Waals surface area contributed by atoms with Crippen LogP contribution in [0.5, 0.6) is 0 Å². The summed E-state index contributed by atoms with van der Waals surface area (Å²) in [5, 5.41) is 0. The van der Waals surface area contributed by atoms with Gasteiger partial charge in [0.2, 0.25) is 17.7 Å². The Kier molecular flexibility index (Phi) is 5.55. The van der Waals surface area contributed by atoms with Gasteiger partial charge in [-0.15, -0.1) is 11.6 Å². The molecular weight excluding hydrogens is 318 g/mol. The molecular formula is C16H26ClN3O3. The number of amides is 3. The molecule has 0 spiro atoms. The number of hydrogen-bond acceptors (Lipinski definition) is 3. The van der Waals surface area contributed by atoms with Crippen molar-refractivity contribution in [3.63, 3.8) is 0 Å². The molecule has 2 saturated heterocycles. The quantitative estimate of drug-likeness (QED) is 0.716. The molecule has 0 N–H and O–H groups in total. The predicted molar refractivity (Wildman–Crippen MR) is 88.1 cm³/mol. The fraction of sp³-hybridized carbons (Fsp3) is 0.812. The molecule has 0 radical (unpaired) electrons. The van der Waals surface area contributed by atoms with Crippen molar-refractivity contribution >= 4 is 29.3 Å². The number of nitrogens with zero attached hydrogens (tertiary/aromatic N) is 3. The maximum atomic E-state index is 12.6. The largest absolute Gasteiger partial charge is 0.339 e. The van der Waals surface area contributed by atoms with Gasteiger partial charge in [-0.05, 0) is 20.8 Å². The first-order valence-corrected chi connectivity index (χ1v) is 8.70. The molecule has 23 heavy (non-hydrogen) atoms. The third kappa shape index (κ3) is 4.16. The van der Waals surface area contributed by atoms with Gasteiger partial charge in [-0.3, -0.25) is 14.4 Å². The van der Waals surface area contributed by atoms with Crippen molar-refractivity contribution in [3.05, 3.63) is 0 Å². The average Bonchev–Trinajstić information content (AvgIpc) is 2.89. The zero-order valence-corrected chi connectivity index (χ0v) is 14.9. The third-order valence-electron chi connectivity index (χ3n) is 4.54.